The molecule has 0 aromatic heterocycles. The Kier molecular flexibility index (Phi) is 2.19. The number of carboxylic acid groups (broad SMARTS) is 1. The molecule has 0 spiro atoms. The molecule has 0 unspecified atom stereocenters. The van der Waals surface area contributed by atoms with Crippen molar-refractivity contribution < 1.29 is 9.90 Å². The maximum absolute atomic E-state index is 9.59. The smallest absolute Gasteiger partial charge is 0.134 e. The third-order valence-corrected chi connectivity index (χ3v) is 0.407. The molecule has 0 aliphatic rings. The van der Waals surface area contributed by atoms with Crippen LogP contribution in [0.4, 0.5) is 4.79 Å². The van der Waals surface area contributed by atoms with Crippen LogP contribution in [0.1, 0.15) is 13.8 Å². The lowest BCUT2D eigenvalue weighted by atomic mass is 10.4. The van der Waals surface area contributed by atoms with E-state index in [9.17, 15) is 9.90 Å². The topological polar surface area (TPSA) is 52.2 Å². The van der Waals surface area contributed by atoms with Crippen LogP contribution in [0.2, 0.25) is 0 Å². The van der Waals surface area contributed by atoms with E-state index in [-0.39, 0.29) is 6.04 Å². The van der Waals surface area contributed by atoms with Gasteiger partial charge in [0.2, 0.25) is 0 Å². The lowest BCUT2D eigenvalue weighted by Crippen LogP contribution is -2.40. The van der Waals surface area contributed by atoms with Crippen LogP contribution in [0.15, 0.2) is 0 Å². The fourth-order valence-electron chi connectivity index (χ4n) is 0.236. The Morgan fingerprint density at radius 2 is 2.14 bits per heavy atom. The van der Waals surface area contributed by atoms with E-state index in [1.807, 2.05) is 0 Å². The van der Waals surface area contributed by atoms with Crippen molar-refractivity contribution in [1.29, 1.82) is 0 Å². The normalized spacial score (nSPS) is 9.00. The van der Waals surface area contributed by atoms with Crippen molar-refractivity contribution in [3.63, 3.8) is 0 Å². The molecule has 0 aromatic rings. The number of nitrogens with one attached hydrogen (secondary N) is 1. The van der Waals surface area contributed by atoms with Gasteiger partial charge in [-0.15, -0.1) is 0 Å². The first-order chi connectivity index (χ1) is 3.13. The van der Waals surface area contributed by atoms with Gasteiger partial charge in [-0.2, -0.15) is 0 Å². The molecule has 0 rings (SSSR count). The van der Waals surface area contributed by atoms with Crippen LogP contribution in [-0.4, -0.2) is 12.1 Å². The molecule has 0 atom stereocenters. The van der Waals surface area contributed by atoms with Crippen LogP contribution in [-0.2, 0) is 0 Å². The van der Waals surface area contributed by atoms with E-state index in [0.717, 1.165) is 0 Å². The van der Waals surface area contributed by atoms with E-state index in [2.05, 4.69) is 5.32 Å². The highest BCUT2D eigenvalue weighted by atomic mass is 16.4. The second-order valence-corrected chi connectivity index (χ2v) is 1.59. The predicted octanol–water partition coefficient (Wildman–Crippen LogP) is -0.672. The highest BCUT2D eigenvalue weighted by Gasteiger charge is 1.85. The van der Waals surface area contributed by atoms with E-state index in [4.69, 9.17) is 0 Å². The average molecular weight is 102 g/mol. The Labute approximate surface area is 42.3 Å². The van der Waals surface area contributed by atoms with E-state index in [0.29, 0.717) is 0 Å². The summed E-state index contributed by atoms with van der Waals surface area (Å²) in [5.41, 5.74) is 0. The van der Waals surface area contributed by atoms with E-state index in [1.165, 1.54) is 0 Å². The van der Waals surface area contributed by atoms with Gasteiger partial charge in [0.05, 0.1) is 0 Å². The number of amides is 1. The first-order valence-corrected chi connectivity index (χ1v) is 2.10. The molecule has 1 N–H and O–H groups in total. The Morgan fingerprint density at radius 1 is 1.71 bits per heavy atom. The monoisotopic (exact) mass is 102 g/mol. The summed E-state index contributed by atoms with van der Waals surface area (Å²) < 4.78 is 0. The van der Waals surface area contributed by atoms with Gasteiger partial charge in [0, 0.05) is 6.04 Å². The third kappa shape index (κ3) is 5.27. The van der Waals surface area contributed by atoms with Crippen LogP contribution in [0.5, 0.6) is 0 Å². The largest absolute Gasteiger partial charge is 0.530 e. The molecule has 0 aliphatic heterocycles. The van der Waals surface area contributed by atoms with Gasteiger partial charge in [-0.1, -0.05) is 0 Å². The van der Waals surface area contributed by atoms with E-state index < -0.39 is 6.09 Å². The van der Waals surface area contributed by atoms with Gasteiger partial charge in [0.25, 0.3) is 0 Å². The molecule has 0 saturated heterocycles. The van der Waals surface area contributed by atoms with Crippen LogP contribution in [0, 0.1) is 0 Å². The van der Waals surface area contributed by atoms with E-state index in [1.54, 1.807) is 13.8 Å². The maximum Gasteiger partial charge on any atom is 0.134 e. The predicted molar refractivity (Wildman–Crippen MR) is 23.7 cm³/mol. The highest BCUT2D eigenvalue weighted by Crippen LogP contribution is 1.70. The molecule has 0 fully saturated rings. The lowest BCUT2D eigenvalue weighted by molar-refractivity contribution is -0.251. The number of hydrogen-bond acceptors (Lipinski definition) is 2. The molecule has 0 heterocycles. The van der Waals surface area contributed by atoms with Crippen molar-refractivity contribution in [1.82, 2.24) is 5.32 Å². The van der Waals surface area contributed by atoms with Gasteiger partial charge in [0.15, 0.2) is 0 Å². The minimum Gasteiger partial charge on any atom is -0.530 e. The first-order valence-electron chi connectivity index (χ1n) is 2.10. The molecular weight excluding hydrogens is 94.0 g/mol. The number of carbonyl (C=O) groups excluding carboxylic acids is 1. The van der Waals surface area contributed by atoms with E-state index >= 15 is 0 Å². The van der Waals surface area contributed by atoms with Gasteiger partial charge < -0.3 is 15.2 Å². The van der Waals surface area contributed by atoms with Gasteiger partial charge in [-0.25, -0.2) is 0 Å². The molecular formula is C4H8NO2-. The standard InChI is InChI=1S/C4H9NO2/c1-3(2)5-4(6)7/h3,5H,1-2H3,(H,6,7)/p-1. The zero-order valence-corrected chi connectivity index (χ0v) is 4.39. The fourth-order valence-corrected chi connectivity index (χ4v) is 0.236. The summed E-state index contributed by atoms with van der Waals surface area (Å²) in [5.74, 6) is 0. The zero-order valence-electron chi connectivity index (χ0n) is 4.39. The van der Waals surface area contributed by atoms with Crippen LogP contribution in [0.3, 0.4) is 0 Å². The summed E-state index contributed by atoms with van der Waals surface area (Å²) in [5, 5.41) is 11.7. The van der Waals surface area contributed by atoms with Crippen molar-refractivity contribution in [3.05, 3.63) is 0 Å². The van der Waals surface area contributed by atoms with Crippen molar-refractivity contribution in [2.24, 2.45) is 0 Å². The molecule has 3 heteroatoms. The van der Waals surface area contributed by atoms with Crippen molar-refractivity contribution in [3.8, 4) is 0 Å². The van der Waals surface area contributed by atoms with Crippen molar-refractivity contribution in [2.45, 2.75) is 19.9 Å². The summed E-state index contributed by atoms with van der Waals surface area (Å²) in [4.78, 5) is 9.59. The fraction of sp³-hybridized carbons (Fsp3) is 0.750. The quantitative estimate of drug-likeness (QED) is 0.477. The third-order valence-electron chi connectivity index (χ3n) is 0.407. The van der Waals surface area contributed by atoms with Crippen molar-refractivity contribution >= 4 is 6.09 Å². The molecule has 0 radical (unpaired) electrons. The molecule has 42 valence electrons. The number of hydrogen-bond donors (Lipinski definition) is 1. The maximum atomic E-state index is 9.59. The molecule has 7 heavy (non-hydrogen) atoms. The minimum absolute atomic E-state index is 0.0370. The second kappa shape index (κ2) is 2.44. The van der Waals surface area contributed by atoms with Crippen LogP contribution >= 0.6 is 0 Å². The summed E-state index contributed by atoms with van der Waals surface area (Å²) in [6, 6.07) is -0.0370. The molecule has 0 aromatic carbocycles. The highest BCUT2D eigenvalue weighted by molar-refractivity contribution is 5.62. The Hall–Kier alpha value is -0.730. The zero-order chi connectivity index (χ0) is 5.86. The van der Waals surface area contributed by atoms with Gasteiger partial charge in [0.1, 0.15) is 6.09 Å². The summed E-state index contributed by atoms with van der Waals surface area (Å²) >= 11 is 0. The van der Waals surface area contributed by atoms with Gasteiger partial charge >= 0.3 is 0 Å². The molecule has 0 saturated carbocycles. The molecule has 1 amide bonds. The molecule has 0 bridgehead atoms. The van der Waals surface area contributed by atoms with Crippen LogP contribution < -0.4 is 10.4 Å². The first kappa shape index (κ1) is 6.27. The van der Waals surface area contributed by atoms with Gasteiger partial charge in [-0.3, -0.25) is 0 Å². The lowest BCUT2D eigenvalue weighted by Gasteiger charge is -2.07. The number of rotatable bonds is 1. The Balaban J connectivity index is 3.13. The second-order valence-electron chi connectivity index (χ2n) is 1.59. The molecule has 0 aliphatic carbocycles. The Morgan fingerprint density at radius 3 is 2.14 bits per heavy atom. The summed E-state index contributed by atoms with van der Waals surface area (Å²) in [6.07, 6.45) is -1.21. The summed E-state index contributed by atoms with van der Waals surface area (Å²) in [6.45, 7) is 3.46. The summed E-state index contributed by atoms with van der Waals surface area (Å²) in [7, 11) is 0. The van der Waals surface area contributed by atoms with Crippen molar-refractivity contribution in [2.75, 3.05) is 0 Å². The Bertz CT molecular complexity index is 70.1. The number of carbonyl (C=O) groups is 1. The average Bonchev–Trinajstić information content (AvgIpc) is 1.27. The molecule has 3 nitrogen and oxygen atoms in total. The van der Waals surface area contributed by atoms with Crippen LogP contribution in [0.25, 0.3) is 0 Å². The SMILES string of the molecule is CC(C)NC(=O)[O-]. The van der Waals surface area contributed by atoms with Gasteiger partial charge in [-0.05, 0) is 13.8 Å². The minimum atomic E-state index is -1.21.